The third-order valence-electron chi connectivity index (χ3n) is 1.72. The van der Waals surface area contributed by atoms with E-state index in [1.54, 1.807) is 0 Å². The lowest BCUT2D eigenvalue weighted by molar-refractivity contribution is 0.244. The minimum Gasteiger partial charge on any atom is -0.339 e. The molecule has 0 atom stereocenters. The molecule has 0 aliphatic carbocycles. The first-order valence-corrected chi connectivity index (χ1v) is 4.29. The van der Waals surface area contributed by atoms with Gasteiger partial charge in [-0.25, -0.2) is 0 Å². The summed E-state index contributed by atoms with van der Waals surface area (Å²) in [4.78, 5) is 10.5. The fourth-order valence-electron chi connectivity index (χ4n) is 1.23. The number of rotatable bonds is 3. The van der Waals surface area contributed by atoms with E-state index >= 15 is 0 Å². The van der Waals surface area contributed by atoms with E-state index in [2.05, 4.69) is 33.0 Å². The molecule has 0 bridgehead atoms. The van der Waals surface area contributed by atoms with Crippen LogP contribution in [0.4, 0.5) is 4.79 Å². The molecule has 0 heterocycles. The Hall–Kier alpha value is -0.240. The van der Waals surface area contributed by atoms with E-state index in [4.69, 9.17) is 11.6 Å². The molecule has 0 aromatic carbocycles. The zero-order valence-electron chi connectivity index (χ0n) is 7.52. The molecule has 0 aliphatic rings. The second-order valence-corrected chi connectivity index (χ2v) is 3.78. The van der Waals surface area contributed by atoms with E-state index in [1.807, 2.05) is 0 Å². The Balaban J connectivity index is 4.00. The first kappa shape index (κ1) is 10.8. The van der Waals surface area contributed by atoms with Crippen LogP contribution >= 0.6 is 11.6 Å². The molecule has 66 valence electrons. The van der Waals surface area contributed by atoms with Gasteiger partial charge in [-0.3, -0.25) is 4.79 Å². The first-order chi connectivity index (χ1) is 4.95. The zero-order chi connectivity index (χ0) is 9.02. The third kappa shape index (κ3) is 4.25. The number of hydrogen-bond donors (Lipinski definition) is 1. The summed E-state index contributed by atoms with van der Waals surface area (Å²) in [5, 5.41) is 2.24. The number of nitrogens with one attached hydrogen (secondary N) is 1. The largest absolute Gasteiger partial charge is 0.339 e. The van der Waals surface area contributed by atoms with E-state index in [9.17, 15) is 4.79 Å². The van der Waals surface area contributed by atoms with Gasteiger partial charge < -0.3 is 5.32 Å². The van der Waals surface area contributed by atoms with E-state index < -0.39 is 5.37 Å². The lowest BCUT2D eigenvalue weighted by Gasteiger charge is -2.24. The van der Waals surface area contributed by atoms with Crippen LogP contribution in [0.3, 0.4) is 0 Å². The van der Waals surface area contributed by atoms with Crippen molar-refractivity contribution in [1.82, 2.24) is 5.32 Å². The predicted molar refractivity (Wildman–Crippen MR) is 47.8 cm³/mol. The lowest BCUT2D eigenvalue weighted by Crippen LogP contribution is -2.39. The quantitative estimate of drug-likeness (QED) is 0.521. The van der Waals surface area contributed by atoms with E-state index in [-0.39, 0.29) is 6.04 Å². The summed E-state index contributed by atoms with van der Waals surface area (Å²) in [7, 11) is 0. The van der Waals surface area contributed by atoms with Crippen LogP contribution in [0.1, 0.15) is 27.7 Å². The molecule has 0 rings (SSSR count). The second kappa shape index (κ2) is 4.60. The molecule has 0 fully saturated rings. The van der Waals surface area contributed by atoms with Crippen LogP contribution in [0, 0.1) is 11.8 Å². The Bertz CT molecular complexity index is 126. The molecular weight excluding hydrogens is 162 g/mol. The molecule has 0 aromatic heterocycles. The Morgan fingerprint density at radius 1 is 1.18 bits per heavy atom. The van der Waals surface area contributed by atoms with Crippen molar-refractivity contribution in [3.63, 3.8) is 0 Å². The van der Waals surface area contributed by atoms with E-state index in [0.717, 1.165) is 0 Å². The van der Waals surface area contributed by atoms with Gasteiger partial charge in [-0.1, -0.05) is 27.7 Å². The number of hydrogen-bond acceptors (Lipinski definition) is 1. The average molecular weight is 178 g/mol. The van der Waals surface area contributed by atoms with E-state index in [1.165, 1.54) is 0 Å². The van der Waals surface area contributed by atoms with Crippen molar-refractivity contribution in [2.24, 2.45) is 11.8 Å². The fourth-order valence-corrected chi connectivity index (χ4v) is 1.36. The van der Waals surface area contributed by atoms with Crippen LogP contribution in [0.5, 0.6) is 0 Å². The van der Waals surface area contributed by atoms with Crippen molar-refractivity contribution in [3.8, 4) is 0 Å². The Morgan fingerprint density at radius 3 is 1.64 bits per heavy atom. The van der Waals surface area contributed by atoms with Gasteiger partial charge in [0.1, 0.15) is 0 Å². The van der Waals surface area contributed by atoms with Crippen LogP contribution in [0.2, 0.25) is 0 Å². The first-order valence-electron chi connectivity index (χ1n) is 3.91. The van der Waals surface area contributed by atoms with Crippen molar-refractivity contribution in [2.45, 2.75) is 33.7 Å². The number of amides is 1. The van der Waals surface area contributed by atoms with Gasteiger partial charge in [-0.2, -0.15) is 0 Å². The topological polar surface area (TPSA) is 29.1 Å². The van der Waals surface area contributed by atoms with Crippen LogP contribution < -0.4 is 5.32 Å². The fraction of sp³-hybridized carbons (Fsp3) is 0.875. The number of halogens is 1. The predicted octanol–water partition coefficient (Wildman–Crippen LogP) is 2.62. The smallest absolute Gasteiger partial charge is 0.314 e. The van der Waals surface area contributed by atoms with Gasteiger partial charge in [0.25, 0.3) is 0 Å². The summed E-state index contributed by atoms with van der Waals surface area (Å²) in [5.41, 5.74) is 0. The van der Waals surface area contributed by atoms with Crippen LogP contribution in [0.15, 0.2) is 0 Å². The number of carbonyl (C=O) groups excluding carboxylic acids is 1. The molecule has 0 saturated carbocycles. The normalized spacial score (nSPS) is 11.3. The molecule has 0 spiro atoms. The Kier molecular flexibility index (Phi) is 4.50. The van der Waals surface area contributed by atoms with Crippen LogP contribution in [-0.4, -0.2) is 11.4 Å². The van der Waals surface area contributed by atoms with Crippen molar-refractivity contribution < 1.29 is 4.79 Å². The van der Waals surface area contributed by atoms with Gasteiger partial charge >= 0.3 is 5.37 Å². The summed E-state index contributed by atoms with van der Waals surface area (Å²) < 4.78 is 0. The highest BCUT2D eigenvalue weighted by molar-refractivity contribution is 6.62. The Labute approximate surface area is 73.3 Å². The van der Waals surface area contributed by atoms with Gasteiger partial charge in [-0.05, 0) is 23.4 Å². The molecule has 0 radical (unpaired) electrons. The highest BCUT2D eigenvalue weighted by atomic mass is 35.5. The minimum atomic E-state index is -0.461. The maximum Gasteiger partial charge on any atom is 0.314 e. The van der Waals surface area contributed by atoms with Crippen molar-refractivity contribution in [3.05, 3.63) is 0 Å². The molecule has 0 aliphatic heterocycles. The maximum atomic E-state index is 10.5. The minimum absolute atomic E-state index is 0.181. The molecule has 0 unspecified atom stereocenters. The highest BCUT2D eigenvalue weighted by Gasteiger charge is 2.18. The van der Waals surface area contributed by atoms with Crippen molar-refractivity contribution in [2.75, 3.05) is 0 Å². The average Bonchev–Trinajstić information content (AvgIpc) is 1.81. The second-order valence-electron chi connectivity index (χ2n) is 3.43. The van der Waals surface area contributed by atoms with Gasteiger partial charge in [0.05, 0.1) is 0 Å². The van der Waals surface area contributed by atoms with Crippen LogP contribution in [0.25, 0.3) is 0 Å². The molecular formula is C8H16ClNO. The van der Waals surface area contributed by atoms with Crippen molar-refractivity contribution in [1.29, 1.82) is 0 Å². The third-order valence-corrected chi connectivity index (χ3v) is 1.83. The SMILES string of the molecule is CC(C)C(NC(=O)Cl)C(C)C. The van der Waals surface area contributed by atoms with Gasteiger partial charge in [0, 0.05) is 6.04 Å². The van der Waals surface area contributed by atoms with Crippen LogP contribution in [-0.2, 0) is 0 Å². The molecule has 3 heteroatoms. The molecule has 2 nitrogen and oxygen atoms in total. The van der Waals surface area contributed by atoms with Gasteiger partial charge in [-0.15, -0.1) is 0 Å². The van der Waals surface area contributed by atoms with Gasteiger partial charge in [0.2, 0.25) is 0 Å². The maximum absolute atomic E-state index is 10.5. The molecule has 11 heavy (non-hydrogen) atoms. The summed E-state index contributed by atoms with van der Waals surface area (Å²) in [5.74, 6) is 0.857. The monoisotopic (exact) mass is 177 g/mol. The summed E-state index contributed by atoms with van der Waals surface area (Å²) in [6.07, 6.45) is 0. The molecule has 0 aromatic rings. The van der Waals surface area contributed by atoms with Gasteiger partial charge in [0.15, 0.2) is 0 Å². The molecule has 0 saturated heterocycles. The lowest BCUT2D eigenvalue weighted by atomic mass is 9.94. The summed E-state index contributed by atoms with van der Waals surface area (Å²) >= 11 is 5.21. The van der Waals surface area contributed by atoms with Crippen molar-refractivity contribution >= 4 is 17.0 Å². The molecule has 1 N–H and O–H groups in total. The Morgan fingerprint density at radius 2 is 1.55 bits per heavy atom. The highest BCUT2D eigenvalue weighted by Crippen LogP contribution is 2.11. The zero-order valence-corrected chi connectivity index (χ0v) is 8.27. The summed E-state index contributed by atoms with van der Waals surface area (Å²) in [6.45, 7) is 8.27. The standard InChI is InChI=1S/C8H16ClNO/c1-5(2)7(6(3)4)10-8(9)11/h5-7H,1-4H3,(H,10,11). The molecule has 1 amide bonds. The van der Waals surface area contributed by atoms with E-state index in [0.29, 0.717) is 11.8 Å². The number of carbonyl (C=O) groups is 1. The summed E-state index contributed by atoms with van der Waals surface area (Å²) in [6, 6.07) is 0.181.